The van der Waals surface area contributed by atoms with Crippen LogP contribution in [-0.4, -0.2) is 35.9 Å². The Labute approximate surface area is 186 Å². The van der Waals surface area contributed by atoms with Crippen molar-refractivity contribution >= 4 is 11.8 Å². The summed E-state index contributed by atoms with van der Waals surface area (Å²) in [5, 5.41) is 2.94. The van der Waals surface area contributed by atoms with Crippen LogP contribution >= 0.6 is 0 Å². The lowest BCUT2D eigenvalue weighted by atomic mass is 10.0. The second-order valence-corrected chi connectivity index (χ2v) is 8.21. The summed E-state index contributed by atoms with van der Waals surface area (Å²) in [5.41, 5.74) is 3.18. The zero-order valence-corrected chi connectivity index (χ0v) is 19.5. The van der Waals surface area contributed by atoms with Gasteiger partial charge in [-0.3, -0.25) is 9.59 Å². The van der Waals surface area contributed by atoms with Crippen LogP contribution in [0, 0.1) is 6.92 Å². The molecule has 2 aromatic rings. The molecule has 0 spiro atoms. The van der Waals surface area contributed by atoms with Gasteiger partial charge in [-0.25, -0.2) is 0 Å². The number of aryl methyl sites for hydroxylation is 1. The zero-order valence-electron chi connectivity index (χ0n) is 19.5. The van der Waals surface area contributed by atoms with E-state index < -0.39 is 6.04 Å². The molecule has 2 amide bonds. The summed E-state index contributed by atoms with van der Waals surface area (Å²) in [5.74, 6) is 0.689. The van der Waals surface area contributed by atoms with Crippen LogP contribution in [0.2, 0.25) is 0 Å². The predicted octanol–water partition coefficient (Wildman–Crippen LogP) is 4.83. The van der Waals surface area contributed by atoms with Crippen LogP contribution < -0.4 is 10.1 Å². The molecule has 0 radical (unpaired) electrons. The number of nitrogens with one attached hydrogen (secondary N) is 1. The first-order valence-corrected chi connectivity index (χ1v) is 11.2. The van der Waals surface area contributed by atoms with Gasteiger partial charge in [0.2, 0.25) is 5.91 Å². The van der Waals surface area contributed by atoms with Crippen molar-refractivity contribution < 1.29 is 14.3 Å². The SMILES string of the molecule is CCCNC(=O)[C@H](CC)N(Cc1cccc(C)c1)C(=O)COc1ccccc1C(C)C. The number of carbonyl (C=O) groups excluding carboxylic acids is 2. The third-order valence-electron chi connectivity index (χ3n) is 5.26. The normalized spacial score (nSPS) is 11.8. The minimum Gasteiger partial charge on any atom is -0.483 e. The number of ether oxygens (including phenoxy) is 1. The minimum atomic E-state index is -0.538. The number of nitrogens with zero attached hydrogens (tertiary/aromatic N) is 1. The number of carbonyl (C=O) groups is 2. The van der Waals surface area contributed by atoms with E-state index >= 15 is 0 Å². The third kappa shape index (κ3) is 7.12. The van der Waals surface area contributed by atoms with Crippen LogP contribution in [0.4, 0.5) is 0 Å². The summed E-state index contributed by atoms with van der Waals surface area (Å²) in [4.78, 5) is 27.7. The van der Waals surface area contributed by atoms with Gasteiger partial charge in [0.15, 0.2) is 6.61 Å². The van der Waals surface area contributed by atoms with Gasteiger partial charge in [-0.1, -0.05) is 75.7 Å². The Kier molecular flexibility index (Phi) is 9.57. The Morgan fingerprint density at radius 2 is 1.81 bits per heavy atom. The standard InChI is InChI=1S/C26H36N2O3/c1-6-15-27-26(30)23(7-2)28(17-21-12-10-11-20(5)16-21)25(29)18-31-24-14-9-8-13-22(24)19(3)4/h8-14,16,19,23H,6-7,15,17-18H2,1-5H3,(H,27,30)/t23-/m0/s1. The lowest BCUT2D eigenvalue weighted by Crippen LogP contribution is -2.50. The van der Waals surface area contributed by atoms with Crippen molar-refractivity contribution in [3.63, 3.8) is 0 Å². The monoisotopic (exact) mass is 424 g/mol. The van der Waals surface area contributed by atoms with Crippen LogP contribution in [0.15, 0.2) is 48.5 Å². The maximum atomic E-state index is 13.3. The van der Waals surface area contributed by atoms with Crippen molar-refractivity contribution in [3.8, 4) is 5.75 Å². The molecule has 5 heteroatoms. The smallest absolute Gasteiger partial charge is 0.261 e. The van der Waals surface area contributed by atoms with Gasteiger partial charge in [0, 0.05) is 13.1 Å². The molecule has 0 fully saturated rings. The molecule has 31 heavy (non-hydrogen) atoms. The quantitative estimate of drug-likeness (QED) is 0.562. The van der Waals surface area contributed by atoms with E-state index in [1.807, 2.05) is 69.3 Å². The van der Waals surface area contributed by atoms with Crippen molar-refractivity contribution in [2.45, 2.75) is 66.0 Å². The summed E-state index contributed by atoms with van der Waals surface area (Å²) in [7, 11) is 0. The van der Waals surface area contributed by atoms with Crippen LogP contribution in [0.1, 0.15) is 63.1 Å². The van der Waals surface area contributed by atoms with Crippen LogP contribution in [0.5, 0.6) is 5.75 Å². The molecule has 0 aliphatic rings. The Bertz CT molecular complexity index is 863. The Balaban J connectivity index is 2.23. The van der Waals surface area contributed by atoms with Crippen molar-refractivity contribution in [2.75, 3.05) is 13.2 Å². The molecular formula is C26H36N2O3. The van der Waals surface area contributed by atoms with E-state index in [1.165, 1.54) is 0 Å². The number of amides is 2. The van der Waals surface area contributed by atoms with Crippen LogP contribution in [0.25, 0.3) is 0 Å². The molecule has 5 nitrogen and oxygen atoms in total. The third-order valence-corrected chi connectivity index (χ3v) is 5.26. The summed E-state index contributed by atoms with van der Waals surface area (Å²) >= 11 is 0. The molecule has 1 N–H and O–H groups in total. The number of benzene rings is 2. The second-order valence-electron chi connectivity index (χ2n) is 8.21. The van der Waals surface area contributed by atoms with E-state index in [0.29, 0.717) is 25.3 Å². The molecule has 2 aromatic carbocycles. The second kappa shape index (κ2) is 12.1. The molecule has 0 aromatic heterocycles. The average molecular weight is 425 g/mol. The zero-order chi connectivity index (χ0) is 22.8. The van der Waals surface area contributed by atoms with E-state index in [-0.39, 0.29) is 24.3 Å². The van der Waals surface area contributed by atoms with Gasteiger partial charge in [-0.05, 0) is 42.9 Å². The van der Waals surface area contributed by atoms with Crippen molar-refractivity contribution in [2.24, 2.45) is 0 Å². The number of rotatable bonds is 11. The highest BCUT2D eigenvalue weighted by atomic mass is 16.5. The van der Waals surface area contributed by atoms with Crippen LogP contribution in [-0.2, 0) is 16.1 Å². The van der Waals surface area contributed by atoms with Gasteiger partial charge in [0.1, 0.15) is 11.8 Å². The van der Waals surface area contributed by atoms with Gasteiger partial charge >= 0.3 is 0 Å². The van der Waals surface area contributed by atoms with Gasteiger partial charge in [0.05, 0.1) is 0 Å². The van der Waals surface area contributed by atoms with Crippen LogP contribution in [0.3, 0.4) is 0 Å². The molecule has 168 valence electrons. The summed E-state index contributed by atoms with van der Waals surface area (Å²) in [6, 6.07) is 15.3. The maximum absolute atomic E-state index is 13.3. The van der Waals surface area contributed by atoms with E-state index in [0.717, 1.165) is 23.1 Å². The van der Waals surface area contributed by atoms with Crippen molar-refractivity contribution in [3.05, 3.63) is 65.2 Å². The fourth-order valence-electron chi connectivity index (χ4n) is 3.60. The largest absolute Gasteiger partial charge is 0.483 e. The first kappa shape index (κ1) is 24.4. The van der Waals surface area contributed by atoms with E-state index in [9.17, 15) is 9.59 Å². The summed E-state index contributed by atoms with van der Waals surface area (Å²) < 4.78 is 5.94. The molecule has 0 aliphatic heterocycles. The summed E-state index contributed by atoms with van der Waals surface area (Å²) in [6.07, 6.45) is 1.39. The first-order valence-electron chi connectivity index (χ1n) is 11.2. The van der Waals surface area contributed by atoms with E-state index in [2.05, 4.69) is 19.2 Å². The molecule has 0 saturated heterocycles. The fraction of sp³-hybridized carbons (Fsp3) is 0.462. The molecule has 0 aliphatic carbocycles. The number of hydrogen-bond acceptors (Lipinski definition) is 3. The Morgan fingerprint density at radius 1 is 1.06 bits per heavy atom. The number of para-hydroxylation sites is 1. The average Bonchev–Trinajstić information content (AvgIpc) is 2.76. The lowest BCUT2D eigenvalue weighted by molar-refractivity contribution is -0.143. The highest BCUT2D eigenvalue weighted by Gasteiger charge is 2.29. The Hall–Kier alpha value is -2.82. The highest BCUT2D eigenvalue weighted by Crippen LogP contribution is 2.26. The molecule has 2 rings (SSSR count). The van der Waals surface area contributed by atoms with Gasteiger partial charge in [-0.2, -0.15) is 0 Å². The van der Waals surface area contributed by atoms with E-state index in [1.54, 1.807) is 4.90 Å². The predicted molar refractivity (Wildman–Crippen MR) is 125 cm³/mol. The highest BCUT2D eigenvalue weighted by molar-refractivity contribution is 5.88. The van der Waals surface area contributed by atoms with Gasteiger partial charge in [-0.15, -0.1) is 0 Å². The first-order chi connectivity index (χ1) is 14.9. The topological polar surface area (TPSA) is 58.6 Å². The Morgan fingerprint density at radius 3 is 2.45 bits per heavy atom. The minimum absolute atomic E-state index is 0.104. The molecule has 0 heterocycles. The molecule has 0 bridgehead atoms. The molecule has 0 saturated carbocycles. The van der Waals surface area contributed by atoms with E-state index in [4.69, 9.17) is 4.74 Å². The molecule has 0 unspecified atom stereocenters. The molecule has 1 atom stereocenters. The molecular weight excluding hydrogens is 388 g/mol. The summed E-state index contributed by atoms with van der Waals surface area (Å²) in [6.45, 7) is 11.0. The lowest BCUT2D eigenvalue weighted by Gasteiger charge is -2.30. The van der Waals surface area contributed by atoms with Crippen molar-refractivity contribution in [1.29, 1.82) is 0 Å². The van der Waals surface area contributed by atoms with Gasteiger partial charge in [0.25, 0.3) is 5.91 Å². The number of hydrogen-bond donors (Lipinski definition) is 1. The van der Waals surface area contributed by atoms with Gasteiger partial charge < -0.3 is 15.0 Å². The fourth-order valence-corrected chi connectivity index (χ4v) is 3.60. The van der Waals surface area contributed by atoms with Crippen molar-refractivity contribution in [1.82, 2.24) is 10.2 Å². The maximum Gasteiger partial charge on any atom is 0.261 e.